The lowest BCUT2D eigenvalue weighted by Gasteiger charge is -2.28. The highest BCUT2D eigenvalue weighted by Crippen LogP contribution is 2.19. The fourth-order valence-electron chi connectivity index (χ4n) is 2.29. The molecule has 4 nitrogen and oxygen atoms in total. The molecule has 0 aromatic carbocycles. The smallest absolute Gasteiger partial charge is 0.251 e. The third-order valence-electron chi connectivity index (χ3n) is 3.23. The van der Waals surface area contributed by atoms with Crippen LogP contribution in [0.15, 0.2) is 12.1 Å². The Kier molecular flexibility index (Phi) is 4.19. The van der Waals surface area contributed by atoms with E-state index >= 15 is 0 Å². The van der Waals surface area contributed by atoms with Gasteiger partial charge in [-0.2, -0.15) is 0 Å². The number of carbonyl (C=O) groups is 1. The van der Waals surface area contributed by atoms with Gasteiger partial charge >= 0.3 is 0 Å². The number of aryl methyl sites for hydroxylation is 1. The standard InChI is InChI=1S/C13H17ClN2O2/c1-8-6-9(7-12(14)15-8)13(18)16-10-4-2-3-5-11(10)17/h6-7,10-11,17H,2-5H2,1H3,(H,16,18)/t10-,11-/m1/s1. The van der Waals surface area contributed by atoms with Crippen LogP contribution < -0.4 is 5.32 Å². The number of hydrogen-bond donors (Lipinski definition) is 2. The van der Waals surface area contributed by atoms with Crippen molar-refractivity contribution in [1.82, 2.24) is 10.3 Å². The molecule has 1 saturated carbocycles. The molecule has 1 aromatic heterocycles. The van der Waals surface area contributed by atoms with Crippen LogP contribution in [0.3, 0.4) is 0 Å². The minimum atomic E-state index is -0.443. The summed E-state index contributed by atoms with van der Waals surface area (Å²) in [6, 6.07) is 3.08. The van der Waals surface area contributed by atoms with Crippen molar-refractivity contribution in [2.45, 2.75) is 44.8 Å². The molecule has 98 valence electrons. The topological polar surface area (TPSA) is 62.2 Å². The molecular formula is C13H17ClN2O2. The van der Waals surface area contributed by atoms with Gasteiger partial charge in [-0.15, -0.1) is 0 Å². The van der Waals surface area contributed by atoms with Gasteiger partial charge in [-0.25, -0.2) is 4.98 Å². The molecule has 1 amide bonds. The molecule has 1 heterocycles. The molecule has 0 unspecified atom stereocenters. The molecule has 1 aliphatic rings. The molecule has 2 rings (SSSR count). The van der Waals surface area contributed by atoms with Crippen LogP contribution in [0.5, 0.6) is 0 Å². The zero-order valence-electron chi connectivity index (χ0n) is 10.3. The highest BCUT2D eigenvalue weighted by Gasteiger charge is 2.24. The van der Waals surface area contributed by atoms with Gasteiger partial charge < -0.3 is 10.4 Å². The van der Waals surface area contributed by atoms with Crippen molar-refractivity contribution in [3.8, 4) is 0 Å². The number of halogens is 1. The van der Waals surface area contributed by atoms with Crippen LogP contribution in [0.25, 0.3) is 0 Å². The minimum Gasteiger partial charge on any atom is -0.391 e. The van der Waals surface area contributed by atoms with Crippen molar-refractivity contribution in [2.24, 2.45) is 0 Å². The highest BCUT2D eigenvalue weighted by molar-refractivity contribution is 6.29. The van der Waals surface area contributed by atoms with E-state index in [1.54, 1.807) is 19.1 Å². The van der Waals surface area contributed by atoms with Crippen LogP contribution in [0.1, 0.15) is 41.7 Å². The van der Waals surface area contributed by atoms with E-state index in [2.05, 4.69) is 10.3 Å². The number of rotatable bonds is 2. The van der Waals surface area contributed by atoms with Crippen molar-refractivity contribution in [1.29, 1.82) is 0 Å². The minimum absolute atomic E-state index is 0.154. The van der Waals surface area contributed by atoms with Gasteiger partial charge in [0.2, 0.25) is 0 Å². The predicted octanol–water partition coefficient (Wildman–Crippen LogP) is 2.08. The molecule has 1 aromatic rings. The Hall–Kier alpha value is -1.13. The van der Waals surface area contributed by atoms with E-state index < -0.39 is 6.10 Å². The lowest BCUT2D eigenvalue weighted by Crippen LogP contribution is -2.45. The maximum Gasteiger partial charge on any atom is 0.251 e. The number of carbonyl (C=O) groups excluding carboxylic acids is 1. The summed E-state index contributed by atoms with van der Waals surface area (Å²) < 4.78 is 0. The molecule has 0 spiro atoms. The van der Waals surface area contributed by atoms with Gasteiger partial charge in [-0.05, 0) is 31.9 Å². The average molecular weight is 269 g/mol. The molecule has 0 bridgehead atoms. The number of amides is 1. The predicted molar refractivity (Wildman–Crippen MR) is 69.7 cm³/mol. The van der Waals surface area contributed by atoms with Gasteiger partial charge in [-0.3, -0.25) is 4.79 Å². The van der Waals surface area contributed by atoms with Crippen LogP contribution in [0, 0.1) is 6.92 Å². The molecule has 2 atom stereocenters. The number of nitrogens with zero attached hydrogens (tertiary/aromatic N) is 1. The Labute approximate surface area is 111 Å². The zero-order valence-corrected chi connectivity index (χ0v) is 11.1. The quantitative estimate of drug-likeness (QED) is 0.808. The third-order valence-corrected chi connectivity index (χ3v) is 3.42. The van der Waals surface area contributed by atoms with E-state index in [0.717, 1.165) is 25.7 Å². The lowest BCUT2D eigenvalue weighted by molar-refractivity contribution is 0.0717. The normalized spacial score (nSPS) is 23.7. The van der Waals surface area contributed by atoms with E-state index in [-0.39, 0.29) is 11.9 Å². The first-order chi connectivity index (χ1) is 8.56. The van der Waals surface area contributed by atoms with Crippen molar-refractivity contribution < 1.29 is 9.90 Å². The largest absolute Gasteiger partial charge is 0.391 e. The average Bonchev–Trinajstić information content (AvgIpc) is 2.31. The Morgan fingerprint density at radius 1 is 1.44 bits per heavy atom. The number of pyridine rings is 1. The molecule has 2 N–H and O–H groups in total. The fraction of sp³-hybridized carbons (Fsp3) is 0.538. The summed E-state index contributed by atoms with van der Waals surface area (Å²) in [4.78, 5) is 16.1. The second kappa shape index (κ2) is 5.67. The van der Waals surface area contributed by atoms with Gasteiger partial charge in [0.25, 0.3) is 5.91 Å². The Morgan fingerprint density at radius 3 is 2.83 bits per heavy atom. The molecule has 5 heteroatoms. The summed E-state index contributed by atoms with van der Waals surface area (Å²) >= 11 is 5.83. The van der Waals surface area contributed by atoms with E-state index in [4.69, 9.17) is 11.6 Å². The fourth-order valence-corrected chi connectivity index (χ4v) is 2.54. The number of aliphatic hydroxyl groups is 1. The summed E-state index contributed by atoms with van der Waals surface area (Å²) in [7, 11) is 0. The van der Waals surface area contributed by atoms with Gasteiger partial charge in [0, 0.05) is 11.3 Å². The van der Waals surface area contributed by atoms with Crippen LogP contribution in [-0.2, 0) is 0 Å². The second-order valence-corrected chi connectivity index (χ2v) is 5.14. The highest BCUT2D eigenvalue weighted by atomic mass is 35.5. The van der Waals surface area contributed by atoms with Crippen molar-refractivity contribution >= 4 is 17.5 Å². The first kappa shape index (κ1) is 13.3. The Morgan fingerprint density at radius 2 is 2.17 bits per heavy atom. The van der Waals surface area contributed by atoms with Crippen LogP contribution >= 0.6 is 11.6 Å². The number of nitrogens with one attached hydrogen (secondary N) is 1. The SMILES string of the molecule is Cc1cc(C(=O)N[C@@H]2CCCC[C@H]2O)cc(Cl)n1. The molecule has 0 saturated heterocycles. The number of hydrogen-bond acceptors (Lipinski definition) is 3. The van der Waals surface area contributed by atoms with Crippen LogP contribution in [0.2, 0.25) is 5.15 Å². The summed E-state index contributed by atoms with van der Waals surface area (Å²) in [5.41, 5.74) is 1.20. The van der Waals surface area contributed by atoms with Gasteiger partial charge in [0.15, 0.2) is 0 Å². The Balaban J connectivity index is 2.06. The van der Waals surface area contributed by atoms with E-state index in [0.29, 0.717) is 16.4 Å². The molecule has 1 fully saturated rings. The zero-order chi connectivity index (χ0) is 13.1. The monoisotopic (exact) mass is 268 g/mol. The van der Waals surface area contributed by atoms with Crippen LogP contribution in [0.4, 0.5) is 0 Å². The first-order valence-electron chi connectivity index (χ1n) is 6.19. The van der Waals surface area contributed by atoms with E-state index in [9.17, 15) is 9.90 Å². The number of aliphatic hydroxyl groups excluding tert-OH is 1. The maximum atomic E-state index is 12.1. The van der Waals surface area contributed by atoms with Crippen LogP contribution in [-0.4, -0.2) is 28.1 Å². The molecule has 1 aliphatic carbocycles. The number of aromatic nitrogens is 1. The van der Waals surface area contributed by atoms with Crippen molar-refractivity contribution in [3.05, 3.63) is 28.5 Å². The molecule has 0 radical (unpaired) electrons. The summed E-state index contributed by atoms with van der Waals surface area (Å²) in [5.74, 6) is -0.201. The third kappa shape index (κ3) is 3.21. The van der Waals surface area contributed by atoms with E-state index in [1.807, 2.05) is 0 Å². The summed E-state index contributed by atoms with van der Waals surface area (Å²) in [6.07, 6.45) is 3.19. The second-order valence-electron chi connectivity index (χ2n) is 4.75. The van der Waals surface area contributed by atoms with Gasteiger partial charge in [-0.1, -0.05) is 24.4 Å². The molecule has 18 heavy (non-hydrogen) atoms. The van der Waals surface area contributed by atoms with E-state index in [1.165, 1.54) is 0 Å². The maximum absolute atomic E-state index is 12.1. The summed E-state index contributed by atoms with van der Waals surface area (Å²) in [5, 5.41) is 13.0. The van der Waals surface area contributed by atoms with Gasteiger partial charge in [0.05, 0.1) is 12.1 Å². The van der Waals surface area contributed by atoms with Crippen molar-refractivity contribution in [2.75, 3.05) is 0 Å². The molecule has 0 aliphatic heterocycles. The summed E-state index contributed by atoms with van der Waals surface area (Å²) in [6.45, 7) is 1.79. The van der Waals surface area contributed by atoms with Gasteiger partial charge in [0.1, 0.15) is 5.15 Å². The lowest BCUT2D eigenvalue weighted by atomic mass is 9.92. The molecular weight excluding hydrogens is 252 g/mol. The Bertz CT molecular complexity index is 430. The van der Waals surface area contributed by atoms with Crippen molar-refractivity contribution in [3.63, 3.8) is 0 Å². The first-order valence-corrected chi connectivity index (χ1v) is 6.57.